The van der Waals surface area contributed by atoms with Crippen molar-refractivity contribution in [2.45, 2.75) is 83.5 Å². The Labute approximate surface area is 298 Å². The second kappa shape index (κ2) is 17.6. The van der Waals surface area contributed by atoms with Crippen LogP contribution in [0.3, 0.4) is 0 Å². The minimum absolute atomic E-state index is 0.00438. The van der Waals surface area contributed by atoms with Crippen LogP contribution in [0.5, 0.6) is 5.75 Å². The van der Waals surface area contributed by atoms with Gasteiger partial charge in [0.15, 0.2) is 0 Å². The number of carbonyl (C=O) groups excluding carboxylic acids is 2. The van der Waals surface area contributed by atoms with Crippen LogP contribution in [-0.4, -0.2) is 77.6 Å². The Morgan fingerprint density at radius 2 is 1.71 bits per heavy atom. The summed E-state index contributed by atoms with van der Waals surface area (Å²) in [7, 11) is -3.95. The van der Waals surface area contributed by atoms with Crippen molar-refractivity contribution >= 4 is 27.7 Å². The van der Waals surface area contributed by atoms with E-state index in [0.717, 1.165) is 48.8 Å². The number of nitrogens with zero attached hydrogens (tertiary/aromatic N) is 2. The average molecular weight is 726 g/mol. The highest BCUT2D eigenvalue weighted by Crippen LogP contribution is 2.32. The summed E-state index contributed by atoms with van der Waals surface area (Å²) < 4.78 is 38.7. The molecule has 1 aliphatic carbocycles. The molecular weight excluding hydrogens is 678 g/mol. The molecule has 0 radical (unpaired) electrons. The first-order valence-electron chi connectivity index (χ1n) is 17.1. The highest BCUT2D eigenvalue weighted by molar-refractivity contribution is 7.90. The van der Waals surface area contributed by atoms with Gasteiger partial charge in [0.1, 0.15) is 11.4 Å². The summed E-state index contributed by atoms with van der Waals surface area (Å²) in [5, 5.41) is 31.2. The van der Waals surface area contributed by atoms with Crippen LogP contribution in [-0.2, 0) is 21.2 Å². The SMILES string of the molecule is CC(C)(C)OC(=O)N(CCc1ccc(-c2ccc(C(=O)NS(=O)(=O)CCCO)c(OC3CCCCC3)c2)cc1)C[C@H](O)c1cccc([N+](=O)[O-])c1. The van der Waals surface area contributed by atoms with E-state index in [1.54, 1.807) is 45.0 Å². The van der Waals surface area contributed by atoms with Crippen LogP contribution in [0.2, 0.25) is 0 Å². The molecule has 0 aromatic heterocycles. The number of aliphatic hydroxyl groups is 2. The molecule has 0 aliphatic heterocycles. The van der Waals surface area contributed by atoms with E-state index >= 15 is 0 Å². The van der Waals surface area contributed by atoms with Gasteiger partial charge in [0.05, 0.1) is 35.0 Å². The van der Waals surface area contributed by atoms with Crippen molar-refractivity contribution in [2.24, 2.45) is 0 Å². The van der Waals surface area contributed by atoms with Gasteiger partial charge in [-0.15, -0.1) is 0 Å². The number of nitro groups is 1. The Hall–Kier alpha value is -4.53. The number of hydrogen-bond donors (Lipinski definition) is 3. The summed E-state index contributed by atoms with van der Waals surface area (Å²) in [6, 6.07) is 18.2. The zero-order valence-corrected chi connectivity index (χ0v) is 30.1. The number of carbonyl (C=O) groups is 2. The van der Waals surface area contributed by atoms with Crippen LogP contribution < -0.4 is 9.46 Å². The summed E-state index contributed by atoms with van der Waals surface area (Å²) in [6.45, 7) is 4.97. The highest BCUT2D eigenvalue weighted by Gasteiger charge is 2.26. The van der Waals surface area contributed by atoms with Crippen LogP contribution in [0.15, 0.2) is 66.7 Å². The Bertz CT molecular complexity index is 1770. The fourth-order valence-electron chi connectivity index (χ4n) is 5.72. The Balaban J connectivity index is 1.51. The van der Waals surface area contributed by atoms with Gasteiger partial charge in [-0.1, -0.05) is 48.9 Å². The van der Waals surface area contributed by atoms with Crippen molar-refractivity contribution in [3.05, 3.63) is 93.5 Å². The molecule has 4 rings (SSSR count). The molecule has 3 N–H and O–H groups in total. The second-order valence-electron chi connectivity index (χ2n) is 13.7. The van der Waals surface area contributed by atoms with Crippen molar-refractivity contribution < 1.29 is 42.6 Å². The number of ether oxygens (including phenoxy) is 2. The maximum absolute atomic E-state index is 13.1. The number of hydrogen-bond acceptors (Lipinski definition) is 10. The summed E-state index contributed by atoms with van der Waals surface area (Å²) in [4.78, 5) is 38.3. The first-order chi connectivity index (χ1) is 24.1. The van der Waals surface area contributed by atoms with Gasteiger partial charge in [-0.2, -0.15) is 0 Å². The molecule has 276 valence electrons. The summed E-state index contributed by atoms with van der Waals surface area (Å²) in [5.74, 6) is -0.897. The van der Waals surface area contributed by atoms with E-state index in [9.17, 15) is 33.2 Å². The molecule has 0 spiro atoms. The molecule has 1 saturated carbocycles. The molecule has 2 amide bonds. The molecule has 0 saturated heterocycles. The second-order valence-corrected chi connectivity index (χ2v) is 15.5. The van der Waals surface area contributed by atoms with Crippen molar-refractivity contribution in [3.8, 4) is 16.9 Å². The molecular formula is C37H47N3O10S. The lowest BCUT2D eigenvalue weighted by Crippen LogP contribution is -2.40. The van der Waals surface area contributed by atoms with E-state index in [-0.39, 0.29) is 55.0 Å². The summed E-state index contributed by atoms with van der Waals surface area (Å²) in [5.41, 5.74) is 1.92. The predicted molar refractivity (Wildman–Crippen MR) is 192 cm³/mol. The molecule has 13 nitrogen and oxygen atoms in total. The molecule has 1 aliphatic rings. The van der Waals surface area contributed by atoms with Gasteiger partial charge in [0.2, 0.25) is 10.0 Å². The van der Waals surface area contributed by atoms with Crippen LogP contribution in [0.25, 0.3) is 11.1 Å². The normalized spacial score (nSPS) is 14.4. The van der Waals surface area contributed by atoms with E-state index in [2.05, 4.69) is 4.72 Å². The third kappa shape index (κ3) is 12.0. The molecule has 51 heavy (non-hydrogen) atoms. The van der Waals surface area contributed by atoms with E-state index in [4.69, 9.17) is 14.6 Å². The average Bonchev–Trinajstić information content (AvgIpc) is 3.08. The van der Waals surface area contributed by atoms with Gasteiger partial charge in [-0.25, -0.2) is 17.9 Å². The number of nitrogens with one attached hydrogen (secondary N) is 1. The molecule has 3 aromatic rings. The van der Waals surface area contributed by atoms with Crippen molar-refractivity contribution in [1.29, 1.82) is 0 Å². The first-order valence-corrected chi connectivity index (χ1v) is 18.8. The van der Waals surface area contributed by atoms with Gasteiger partial charge in [-0.05, 0) is 93.7 Å². The van der Waals surface area contributed by atoms with E-state index in [1.165, 1.54) is 23.1 Å². The largest absolute Gasteiger partial charge is 0.490 e. The molecule has 0 bridgehead atoms. The zero-order valence-electron chi connectivity index (χ0n) is 29.2. The van der Waals surface area contributed by atoms with Crippen molar-refractivity contribution in [3.63, 3.8) is 0 Å². The number of amides is 2. The molecule has 14 heteroatoms. The third-order valence-electron chi connectivity index (χ3n) is 8.36. The molecule has 0 unspecified atom stereocenters. The first kappa shape index (κ1) is 39.3. The molecule has 1 atom stereocenters. The zero-order chi connectivity index (χ0) is 37.2. The van der Waals surface area contributed by atoms with Crippen LogP contribution in [0.1, 0.15) is 86.9 Å². The summed E-state index contributed by atoms with van der Waals surface area (Å²) >= 11 is 0. The predicted octanol–water partition coefficient (Wildman–Crippen LogP) is 5.93. The van der Waals surface area contributed by atoms with Gasteiger partial charge in [0.25, 0.3) is 11.6 Å². The Morgan fingerprint density at radius 3 is 2.35 bits per heavy atom. The number of aliphatic hydroxyl groups excluding tert-OH is 2. The van der Waals surface area contributed by atoms with Crippen molar-refractivity contribution in [1.82, 2.24) is 9.62 Å². The smallest absolute Gasteiger partial charge is 0.410 e. The Morgan fingerprint density at radius 1 is 1.02 bits per heavy atom. The fourth-order valence-corrected chi connectivity index (χ4v) is 6.73. The van der Waals surface area contributed by atoms with E-state index in [1.807, 2.05) is 24.3 Å². The van der Waals surface area contributed by atoms with Gasteiger partial charge >= 0.3 is 6.09 Å². The van der Waals surface area contributed by atoms with E-state index in [0.29, 0.717) is 12.0 Å². The van der Waals surface area contributed by atoms with Gasteiger partial charge < -0.3 is 24.6 Å². The van der Waals surface area contributed by atoms with Crippen LogP contribution in [0, 0.1) is 10.1 Å². The monoisotopic (exact) mass is 725 g/mol. The topological polar surface area (TPSA) is 186 Å². The van der Waals surface area contributed by atoms with Crippen molar-refractivity contribution in [2.75, 3.05) is 25.4 Å². The lowest BCUT2D eigenvalue weighted by molar-refractivity contribution is -0.385. The number of rotatable bonds is 15. The number of benzene rings is 3. The fraction of sp³-hybridized carbons (Fsp3) is 0.459. The standard InChI is InChI=1S/C37H47N3O10S/c1-37(2,3)50-36(44)39(25-33(42)29-9-7-10-30(23-29)40(45)46)20-19-26-13-15-27(16-14-26)28-17-18-32(35(43)38-51(47,48)22-8-21-41)34(24-28)49-31-11-5-4-6-12-31/h7,9-10,13-18,23-24,31,33,41-42H,4-6,8,11-12,19-22,25H2,1-3H3,(H,38,43)/t33-/m0/s1. The maximum Gasteiger partial charge on any atom is 0.410 e. The quantitative estimate of drug-likeness (QED) is 0.125. The van der Waals surface area contributed by atoms with Crippen LogP contribution in [0.4, 0.5) is 10.5 Å². The number of sulfonamides is 1. The summed E-state index contributed by atoms with van der Waals surface area (Å²) in [6.07, 6.45) is 3.29. The lowest BCUT2D eigenvalue weighted by atomic mass is 9.97. The molecule has 3 aromatic carbocycles. The molecule has 1 fully saturated rings. The van der Waals surface area contributed by atoms with E-state index < -0.39 is 38.7 Å². The number of nitro benzene ring substituents is 1. The highest BCUT2D eigenvalue weighted by atomic mass is 32.2. The minimum atomic E-state index is -3.95. The number of non-ortho nitro benzene ring substituents is 1. The van der Waals surface area contributed by atoms with Gasteiger partial charge in [-0.3, -0.25) is 14.9 Å². The molecule has 0 heterocycles. The van der Waals surface area contributed by atoms with Crippen LogP contribution >= 0.6 is 0 Å². The maximum atomic E-state index is 13.1. The minimum Gasteiger partial charge on any atom is -0.490 e. The lowest BCUT2D eigenvalue weighted by Gasteiger charge is -2.29. The van der Waals surface area contributed by atoms with Gasteiger partial charge in [0, 0.05) is 25.3 Å². The Kier molecular flexibility index (Phi) is 13.6. The third-order valence-corrected chi connectivity index (χ3v) is 9.68.